The van der Waals surface area contributed by atoms with Crippen molar-refractivity contribution >= 4 is 39.5 Å². The van der Waals surface area contributed by atoms with Crippen molar-refractivity contribution in [2.24, 2.45) is 0 Å². The standard InChI is InChI=1S/C18H22N4O5S/c1-8-10(3)28-15-12(8)14(24)19-13(20-15)9(2)27-11(23)6-7-22-16(25)18(4,5)21-17(22)26/h9H,6-7H2,1-5H3,(H,21,26)(H,19,20,24)/t9-/m1/s1. The lowest BCUT2D eigenvalue weighted by molar-refractivity contribution is -0.149. The fourth-order valence-electron chi connectivity index (χ4n) is 3.00. The molecule has 1 saturated heterocycles. The third kappa shape index (κ3) is 3.51. The number of fused-ring (bicyclic) bond motifs is 1. The van der Waals surface area contributed by atoms with Crippen LogP contribution >= 0.6 is 11.3 Å². The van der Waals surface area contributed by atoms with Gasteiger partial charge in [-0.15, -0.1) is 11.3 Å². The molecular weight excluding hydrogens is 384 g/mol. The van der Waals surface area contributed by atoms with E-state index in [4.69, 9.17) is 4.74 Å². The van der Waals surface area contributed by atoms with Crippen molar-refractivity contribution in [2.45, 2.75) is 52.7 Å². The summed E-state index contributed by atoms with van der Waals surface area (Å²) in [6, 6.07) is -0.532. The maximum Gasteiger partial charge on any atom is 0.325 e. The first-order valence-electron chi connectivity index (χ1n) is 8.84. The quantitative estimate of drug-likeness (QED) is 0.578. The van der Waals surface area contributed by atoms with Gasteiger partial charge in [0.25, 0.3) is 11.5 Å². The van der Waals surface area contributed by atoms with E-state index in [0.29, 0.717) is 10.2 Å². The Balaban J connectivity index is 1.66. The van der Waals surface area contributed by atoms with E-state index in [1.165, 1.54) is 11.3 Å². The number of carbonyl (C=O) groups is 3. The number of hydrogen-bond donors (Lipinski definition) is 2. The lowest BCUT2D eigenvalue weighted by Gasteiger charge is -2.16. The van der Waals surface area contributed by atoms with Crippen LogP contribution in [0, 0.1) is 13.8 Å². The number of amides is 3. The van der Waals surface area contributed by atoms with Gasteiger partial charge in [-0.1, -0.05) is 0 Å². The molecule has 10 heteroatoms. The van der Waals surface area contributed by atoms with Crippen LogP contribution in [0.1, 0.15) is 49.6 Å². The highest BCUT2D eigenvalue weighted by molar-refractivity contribution is 7.18. The molecule has 1 atom stereocenters. The van der Waals surface area contributed by atoms with Gasteiger partial charge in [0.15, 0.2) is 11.9 Å². The van der Waals surface area contributed by atoms with E-state index >= 15 is 0 Å². The molecule has 150 valence electrons. The second-order valence-corrected chi connectivity index (χ2v) is 8.51. The number of rotatable bonds is 5. The van der Waals surface area contributed by atoms with Gasteiger partial charge in [-0.2, -0.15) is 0 Å². The van der Waals surface area contributed by atoms with Gasteiger partial charge in [0.1, 0.15) is 10.4 Å². The third-order valence-corrected chi connectivity index (χ3v) is 5.84. The summed E-state index contributed by atoms with van der Waals surface area (Å²) >= 11 is 1.41. The summed E-state index contributed by atoms with van der Waals surface area (Å²) in [5.41, 5.74) is -0.364. The summed E-state index contributed by atoms with van der Waals surface area (Å²) in [5.74, 6) is -0.736. The van der Waals surface area contributed by atoms with Gasteiger partial charge in [-0.25, -0.2) is 9.78 Å². The first-order valence-corrected chi connectivity index (χ1v) is 9.66. The normalized spacial score (nSPS) is 17.1. The molecule has 3 amide bonds. The summed E-state index contributed by atoms with van der Waals surface area (Å²) in [6.45, 7) is 8.50. The molecule has 0 unspecified atom stereocenters. The van der Waals surface area contributed by atoms with Crippen molar-refractivity contribution in [3.05, 3.63) is 26.6 Å². The van der Waals surface area contributed by atoms with Crippen LogP contribution in [0.4, 0.5) is 4.79 Å². The van der Waals surface area contributed by atoms with E-state index in [1.807, 2.05) is 13.8 Å². The molecule has 2 N–H and O–H groups in total. The van der Waals surface area contributed by atoms with Gasteiger partial charge >= 0.3 is 12.0 Å². The first-order chi connectivity index (χ1) is 13.0. The average molecular weight is 406 g/mol. The molecule has 2 aromatic heterocycles. The van der Waals surface area contributed by atoms with Crippen LogP contribution in [-0.2, 0) is 14.3 Å². The summed E-state index contributed by atoms with van der Waals surface area (Å²) < 4.78 is 5.32. The Bertz CT molecular complexity index is 1040. The highest BCUT2D eigenvalue weighted by Crippen LogP contribution is 2.27. The smallest absolute Gasteiger partial charge is 0.325 e. The van der Waals surface area contributed by atoms with E-state index in [1.54, 1.807) is 20.8 Å². The predicted octanol–water partition coefficient (Wildman–Crippen LogP) is 1.93. The minimum atomic E-state index is -0.982. The van der Waals surface area contributed by atoms with Crippen LogP contribution in [0.2, 0.25) is 0 Å². The molecule has 1 fully saturated rings. The maximum absolute atomic E-state index is 12.3. The number of aromatic amines is 1. The predicted molar refractivity (Wildman–Crippen MR) is 103 cm³/mol. The second-order valence-electron chi connectivity index (χ2n) is 7.31. The van der Waals surface area contributed by atoms with Gasteiger partial charge in [-0.3, -0.25) is 19.3 Å². The summed E-state index contributed by atoms with van der Waals surface area (Å²) in [7, 11) is 0. The van der Waals surface area contributed by atoms with E-state index in [2.05, 4.69) is 15.3 Å². The van der Waals surface area contributed by atoms with Crippen LogP contribution in [0.25, 0.3) is 10.2 Å². The number of nitrogens with one attached hydrogen (secondary N) is 2. The van der Waals surface area contributed by atoms with Crippen LogP contribution in [0.3, 0.4) is 0 Å². The van der Waals surface area contributed by atoms with Crippen LogP contribution < -0.4 is 10.9 Å². The van der Waals surface area contributed by atoms with Gasteiger partial charge in [0, 0.05) is 11.4 Å². The Morgan fingerprint density at radius 3 is 2.57 bits per heavy atom. The first kappa shape index (κ1) is 20.0. The molecule has 0 bridgehead atoms. The molecular formula is C18H22N4O5S. The molecule has 28 heavy (non-hydrogen) atoms. The zero-order valence-corrected chi connectivity index (χ0v) is 17.2. The molecule has 0 aliphatic carbocycles. The lowest BCUT2D eigenvalue weighted by Crippen LogP contribution is -2.40. The number of imide groups is 1. The van der Waals surface area contributed by atoms with E-state index in [-0.39, 0.29) is 24.3 Å². The molecule has 1 aliphatic heterocycles. The molecule has 3 rings (SSSR count). The number of urea groups is 1. The Morgan fingerprint density at radius 1 is 1.29 bits per heavy atom. The lowest BCUT2D eigenvalue weighted by atomic mass is 10.1. The van der Waals surface area contributed by atoms with Crippen molar-refractivity contribution in [1.29, 1.82) is 0 Å². The van der Waals surface area contributed by atoms with Gasteiger partial charge < -0.3 is 15.0 Å². The third-order valence-electron chi connectivity index (χ3n) is 4.73. The molecule has 9 nitrogen and oxygen atoms in total. The largest absolute Gasteiger partial charge is 0.454 e. The van der Waals surface area contributed by atoms with Crippen LogP contribution in [-0.4, -0.2) is 44.9 Å². The van der Waals surface area contributed by atoms with Crippen LogP contribution in [0.5, 0.6) is 0 Å². The van der Waals surface area contributed by atoms with Crippen molar-refractivity contribution in [3.63, 3.8) is 0 Å². The van der Waals surface area contributed by atoms with Gasteiger partial charge in [0.2, 0.25) is 0 Å². The molecule has 0 radical (unpaired) electrons. The molecule has 0 spiro atoms. The second kappa shape index (κ2) is 7.01. The number of nitrogens with zero attached hydrogens (tertiary/aromatic N) is 2. The number of esters is 1. The van der Waals surface area contributed by atoms with Crippen LogP contribution in [0.15, 0.2) is 4.79 Å². The number of hydrogen-bond acceptors (Lipinski definition) is 7. The summed E-state index contributed by atoms with van der Waals surface area (Å²) in [4.78, 5) is 58.1. The number of ether oxygens (including phenoxy) is 1. The van der Waals surface area contributed by atoms with E-state index in [0.717, 1.165) is 15.3 Å². The molecule has 0 aromatic carbocycles. The topological polar surface area (TPSA) is 121 Å². The minimum Gasteiger partial charge on any atom is -0.454 e. The zero-order valence-electron chi connectivity index (χ0n) is 16.3. The fourth-order valence-corrected chi connectivity index (χ4v) is 4.04. The highest BCUT2D eigenvalue weighted by Gasteiger charge is 2.44. The number of carbonyl (C=O) groups excluding carboxylic acids is 3. The Kier molecular flexibility index (Phi) is 5.00. The summed E-state index contributed by atoms with van der Waals surface area (Å²) in [6.07, 6.45) is -0.921. The van der Waals surface area contributed by atoms with E-state index in [9.17, 15) is 19.2 Å². The van der Waals surface area contributed by atoms with Gasteiger partial charge in [-0.05, 0) is 40.2 Å². The average Bonchev–Trinajstić information content (AvgIpc) is 2.98. The maximum atomic E-state index is 12.3. The number of thiophene rings is 1. The van der Waals surface area contributed by atoms with Crippen molar-refractivity contribution in [3.8, 4) is 0 Å². The molecule has 1 aliphatic rings. The zero-order chi connectivity index (χ0) is 20.8. The monoisotopic (exact) mass is 406 g/mol. The van der Waals surface area contributed by atoms with Crippen molar-refractivity contribution < 1.29 is 19.1 Å². The highest BCUT2D eigenvalue weighted by atomic mass is 32.1. The molecule has 0 saturated carbocycles. The van der Waals surface area contributed by atoms with Gasteiger partial charge in [0.05, 0.1) is 11.8 Å². The molecule has 2 aromatic rings. The number of aryl methyl sites for hydroxylation is 2. The summed E-state index contributed by atoms with van der Waals surface area (Å²) in [5, 5.41) is 3.10. The Hall–Kier alpha value is -2.75. The Labute approximate surface area is 165 Å². The Morgan fingerprint density at radius 2 is 1.96 bits per heavy atom. The number of H-pyrrole nitrogens is 1. The minimum absolute atomic E-state index is 0.0774. The molecule has 3 heterocycles. The SMILES string of the molecule is Cc1sc2nc([C@@H](C)OC(=O)CCN3C(=O)NC(C)(C)C3=O)[nH]c(=O)c2c1C. The number of aromatic nitrogens is 2. The van der Waals surface area contributed by atoms with Crippen molar-refractivity contribution in [2.75, 3.05) is 6.54 Å². The fraction of sp³-hybridized carbons (Fsp3) is 0.500. The van der Waals surface area contributed by atoms with Crippen molar-refractivity contribution in [1.82, 2.24) is 20.2 Å². The van der Waals surface area contributed by atoms with E-state index < -0.39 is 29.6 Å².